The quantitative estimate of drug-likeness (QED) is 0.479. The van der Waals surface area contributed by atoms with Gasteiger partial charge in [-0.25, -0.2) is 0 Å². The molecule has 4 heteroatoms. The second-order valence-electron chi connectivity index (χ2n) is 1.71. The first-order valence-electron chi connectivity index (χ1n) is 2.68. The largest absolute Gasteiger partial charge is 0.526 e. The zero-order valence-corrected chi connectivity index (χ0v) is 4.82. The van der Waals surface area contributed by atoms with Crippen LogP contribution in [0.15, 0.2) is 24.1 Å². The van der Waals surface area contributed by atoms with E-state index >= 15 is 0 Å². The van der Waals surface area contributed by atoms with Gasteiger partial charge in [-0.3, -0.25) is 0 Å². The summed E-state index contributed by atoms with van der Waals surface area (Å²) in [6.07, 6.45) is 5.54. The molecule has 0 saturated carbocycles. The predicted octanol–water partition coefficient (Wildman–Crippen LogP) is -0.184. The van der Waals surface area contributed by atoms with Crippen molar-refractivity contribution in [2.24, 2.45) is 0 Å². The minimum atomic E-state index is -1.48. The summed E-state index contributed by atoms with van der Waals surface area (Å²) in [6, 6.07) is 0. The second kappa shape index (κ2) is 2.71. The Balaban J connectivity index is 2.50. The van der Waals surface area contributed by atoms with Crippen LogP contribution in [0.1, 0.15) is 6.42 Å². The standard InChI is InChI=1S/C5H7BO3/c7-6(8)5-3-1-2-4-9-5/h2-4,7-8H,1H2. The van der Waals surface area contributed by atoms with Crippen molar-refractivity contribution in [3.05, 3.63) is 24.1 Å². The first-order chi connectivity index (χ1) is 4.30. The van der Waals surface area contributed by atoms with E-state index in [0.29, 0.717) is 6.42 Å². The Hall–Kier alpha value is -0.735. The van der Waals surface area contributed by atoms with Gasteiger partial charge in [0, 0.05) is 0 Å². The third-order valence-corrected chi connectivity index (χ3v) is 1.01. The molecule has 0 aromatic carbocycles. The minimum absolute atomic E-state index is 0.206. The van der Waals surface area contributed by atoms with Gasteiger partial charge in [0.15, 0.2) is 0 Å². The lowest BCUT2D eigenvalue weighted by molar-refractivity contribution is 0.317. The highest BCUT2D eigenvalue weighted by Crippen LogP contribution is 2.07. The monoisotopic (exact) mass is 126 g/mol. The van der Waals surface area contributed by atoms with Gasteiger partial charge in [0.2, 0.25) is 0 Å². The van der Waals surface area contributed by atoms with Gasteiger partial charge in [-0.1, -0.05) is 0 Å². The van der Waals surface area contributed by atoms with Crippen molar-refractivity contribution < 1.29 is 14.8 Å². The van der Waals surface area contributed by atoms with Gasteiger partial charge in [-0.2, -0.15) is 0 Å². The average Bonchev–Trinajstić information content (AvgIpc) is 1.90. The number of hydrogen-bond acceptors (Lipinski definition) is 3. The van der Waals surface area contributed by atoms with Crippen LogP contribution in [0.25, 0.3) is 0 Å². The fraction of sp³-hybridized carbons (Fsp3) is 0.200. The smallest absolute Gasteiger partial charge is 0.474 e. The SMILES string of the molecule is OB(O)C1=CCC=CO1. The molecule has 0 aliphatic carbocycles. The van der Waals surface area contributed by atoms with E-state index in [1.54, 1.807) is 12.2 Å². The third kappa shape index (κ3) is 1.59. The number of rotatable bonds is 1. The average molecular weight is 126 g/mol. The number of hydrogen-bond donors (Lipinski definition) is 2. The summed E-state index contributed by atoms with van der Waals surface area (Å²) in [6.45, 7) is 0. The molecule has 48 valence electrons. The van der Waals surface area contributed by atoms with E-state index < -0.39 is 7.12 Å². The molecule has 0 unspecified atom stereocenters. The molecule has 0 spiro atoms. The molecule has 1 aliphatic heterocycles. The van der Waals surface area contributed by atoms with Crippen LogP contribution in [0.4, 0.5) is 0 Å². The number of allylic oxidation sites excluding steroid dienone is 2. The van der Waals surface area contributed by atoms with Crippen LogP contribution in [0.5, 0.6) is 0 Å². The maximum Gasteiger partial charge on any atom is 0.526 e. The Morgan fingerprint density at radius 3 is 2.67 bits per heavy atom. The predicted molar refractivity (Wildman–Crippen MR) is 33.1 cm³/mol. The molecule has 0 aromatic rings. The molecule has 2 N–H and O–H groups in total. The normalized spacial score (nSPS) is 16.4. The molecular weight excluding hydrogens is 119 g/mol. The van der Waals surface area contributed by atoms with Gasteiger partial charge in [-0.15, -0.1) is 0 Å². The van der Waals surface area contributed by atoms with Gasteiger partial charge in [0.05, 0.1) is 6.26 Å². The molecule has 0 fully saturated rings. The molecule has 1 rings (SSSR count). The Morgan fingerprint density at radius 1 is 1.56 bits per heavy atom. The van der Waals surface area contributed by atoms with Crippen molar-refractivity contribution in [2.75, 3.05) is 0 Å². The fourth-order valence-electron chi connectivity index (χ4n) is 0.581. The van der Waals surface area contributed by atoms with E-state index in [1.165, 1.54) is 6.26 Å². The molecule has 0 aromatic heterocycles. The molecular formula is C5H7BO3. The minimum Gasteiger partial charge on any atom is -0.474 e. The summed E-state index contributed by atoms with van der Waals surface area (Å²) < 4.78 is 4.72. The summed E-state index contributed by atoms with van der Waals surface area (Å²) in [7, 11) is -1.48. The summed E-state index contributed by atoms with van der Waals surface area (Å²) in [4.78, 5) is 0. The molecule has 0 saturated heterocycles. The number of ether oxygens (including phenoxy) is 1. The van der Waals surface area contributed by atoms with Crippen LogP contribution in [-0.4, -0.2) is 17.2 Å². The Morgan fingerprint density at radius 2 is 2.33 bits per heavy atom. The van der Waals surface area contributed by atoms with E-state index in [4.69, 9.17) is 14.8 Å². The highest BCUT2D eigenvalue weighted by Gasteiger charge is 2.16. The van der Waals surface area contributed by atoms with Crippen molar-refractivity contribution >= 4 is 7.12 Å². The van der Waals surface area contributed by atoms with Crippen molar-refractivity contribution in [1.29, 1.82) is 0 Å². The topological polar surface area (TPSA) is 49.7 Å². The summed E-state index contributed by atoms with van der Waals surface area (Å²) in [5, 5.41) is 17.0. The van der Waals surface area contributed by atoms with E-state index in [-0.39, 0.29) is 5.66 Å². The lowest BCUT2D eigenvalue weighted by Gasteiger charge is -2.06. The molecule has 0 radical (unpaired) electrons. The zero-order chi connectivity index (χ0) is 6.69. The summed E-state index contributed by atoms with van der Waals surface area (Å²) >= 11 is 0. The fourth-order valence-corrected chi connectivity index (χ4v) is 0.581. The van der Waals surface area contributed by atoms with Gasteiger partial charge in [-0.05, 0) is 18.6 Å². The third-order valence-electron chi connectivity index (χ3n) is 1.01. The van der Waals surface area contributed by atoms with E-state index in [2.05, 4.69) is 0 Å². The first kappa shape index (κ1) is 6.39. The maximum absolute atomic E-state index is 8.51. The van der Waals surface area contributed by atoms with Gasteiger partial charge in [0.25, 0.3) is 0 Å². The van der Waals surface area contributed by atoms with Crippen LogP contribution >= 0.6 is 0 Å². The van der Waals surface area contributed by atoms with Crippen LogP contribution in [0.2, 0.25) is 0 Å². The molecule has 0 atom stereocenters. The Labute approximate surface area is 53.4 Å². The molecule has 3 nitrogen and oxygen atoms in total. The highest BCUT2D eigenvalue weighted by atomic mass is 16.5. The lowest BCUT2D eigenvalue weighted by Crippen LogP contribution is -2.17. The van der Waals surface area contributed by atoms with Crippen LogP contribution in [0.3, 0.4) is 0 Å². The van der Waals surface area contributed by atoms with Crippen LogP contribution < -0.4 is 0 Å². The van der Waals surface area contributed by atoms with Crippen LogP contribution in [0, 0.1) is 0 Å². The van der Waals surface area contributed by atoms with E-state index in [1.807, 2.05) is 0 Å². The van der Waals surface area contributed by atoms with Crippen molar-refractivity contribution in [3.8, 4) is 0 Å². The van der Waals surface area contributed by atoms with E-state index in [9.17, 15) is 0 Å². The molecule has 9 heavy (non-hydrogen) atoms. The summed E-state index contributed by atoms with van der Waals surface area (Å²) in [5.74, 6) is 0. The van der Waals surface area contributed by atoms with Gasteiger partial charge in [0.1, 0.15) is 5.66 Å². The Kier molecular flexibility index (Phi) is 1.92. The van der Waals surface area contributed by atoms with Crippen LogP contribution in [-0.2, 0) is 4.74 Å². The lowest BCUT2D eigenvalue weighted by atomic mass is 9.87. The first-order valence-corrected chi connectivity index (χ1v) is 2.68. The van der Waals surface area contributed by atoms with Crippen molar-refractivity contribution in [2.45, 2.75) is 6.42 Å². The van der Waals surface area contributed by atoms with Gasteiger partial charge >= 0.3 is 7.12 Å². The Bertz CT molecular complexity index is 150. The molecule has 1 heterocycles. The second-order valence-corrected chi connectivity index (χ2v) is 1.71. The molecule has 0 amide bonds. The summed E-state index contributed by atoms with van der Waals surface area (Å²) in [5.41, 5.74) is 0.206. The van der Waals surface area contributed by atoms with Gasteiger partial charge < -0.3 is 14.8 Å². The van der Waals surface area contributed by atoms with Crippen molar-refractivity contribution in [3.63, 3.8) is 0 Å². The molecule has 0 bridgehead atoms. The zero-order valence-electron chi connectivity index (χ0n) is 4.82. The highest BCUT2D eigenvalue weighted by molar-refractivity contribution is 6.49. The van der Waals surface area contributed by atoms with Crippen molar-refractivity contribution in [1.82, 2.24) is 0 Å². The van der Waals surface area contributed by atoms with E-state index in [0.717, 1.165) is 0 Å². The molecule has 1 aliphatic rings. The maximum atomic E-state index is 8.51.